The molecule has 0 radical (unpaired) electrons. The van der Waals surface area contributed by atoms with Gasteiger partial charge in [-0.15, -0.1) is 0 Å². The predicted molar refractivity (Wildman–Crippen MR) is 570 cm³/mol. The summed E-state index contributed by atoms with van der Waals surface area (Å²) in [6.07, 6.45) is 24.8. The van der Waals surface area contributed by atoms with Crippen molar-refractivity contribution in [1.82, 2.24) is 0 Å². The molecule has 0 nitrogen and oxygen atoms in total. The highest BCUT2D eigenvalue weighted by atomic mass is 14.3. The van der Waals surface area contributed by atoms with Crippen LogP contribution in [0.4, 0.5) is 0 Å². The Morgan fingerprint density at radius 1 is 0.203 bits per heavy atom. The van der Waals surface area contributed by atoms with Gasteiger partial charge in [0.1, 0.15) is 0 Å². The van der Waals surface area contributed by atoms with Gasteiger partial charge in [0.05, 0.1) is 0 Å². The lowest BCUT2D eigenvalue weighted by Gasteiger charge is -2.33. The minimum absolute atomic E-state index is 0.159. The van der Waals surface area contributed by atoms with Crippen LogP contribution in [-0.2, 0) is 60.2 Å². The molecular formula is C128H168. The Hall–Kier alpha value is -9.36. The molecule has 0 atom stereocenters. The van der Waals surface area contributed by atoms with Gasteiger partial charge in [-0.25, -0.2) is 0 Å². The predicted octanol–water partition coefficient (Wildman–Crippen LogP) is 38.6. The Labute approximate surface area is 783 Å². The minimum atomic E-state index is 0.159. The zero-order chi connectivity index (χ0) is 93.6. The van der Waals surface area contributed by atoms with Gasteiger partial charge in [-0.1, -0.05) is 434 Å². The fraction of sp³-hybridized carbons (Fsp3) is 0.438. The van der Waals surface area contributed by atoms with E-state index in [0.717, 1.165) is 25.7 Å². The second-order valence-corrected chi connectivity index (χ2v) is 43.8. The molecule has 0 amide bonds. The van der Waals surface area contributed by atoms with Crippen LogP contribution in [0.5, 0.6) is 0 Å². The van der Waals surface area contributed by atoms with Crippen molar-refractivity contribution in [1.29, 1.82) is 0 Å². The van der Waals surface area contributed by atoms with Crippen molar-refractivity contribution in [3.8, 4) is 89.0 Å². The zero-order valence-corrected chi connectivity index (χ0v) is 86.1. The maximum absolute atomic E-state index is 2.38. The molecule has 0 heteroatoms. The van der Waals surface area contributed by atoms with Crippen molar-refractivity contribution < 1.29 is 0 Å². The number of unbranched alkanes of at least 4 members (excludes halogenated alkanes) is 8. The topological polar surface area (TPSA) is 0 Å². The molecule has 0 saturated carbocycles. The summed E-state index contributed by atoms with van der Waals surface area (Å²) in [5, 5.41) is 0. The van der Waals surface area contributed by atoms with E-state index in [1.54, 1.807) is 0 Å². The SMILES string of the molecule is CCCCCCc1ccc(-c2cc(C)cc(-c3ccc(CCCCCC)cc3)c2CC)cc1.CCCCc1ccc(-c2c(C)c(C)c(C)c(-c3ccc(CCCC)cc3)c2C)cc1.CCc1c(-c2ccc(C(C)(C)C)cc2)cc(C)cc1-c1ccc(C(C)(C)C)cc1.Cc1cc(-c2ccc(C(C)(C)CC(C)(C)C)cc2)c(C)c(-c2ccc(C(C)(C)CC(C)(C)C)cc2)c1. The molecule has 0 bridgehead atoms. The smallest absolute Gasteiger partial charge is 0.00986 e. The Morgan fingerprint density at radius 2 is 0.430 bits per heavy atom. The number of aryl methyl sites for hydroxylation is 7. The molecule has 0 saturated heterocycles. The van der Waals surface area contributed by atoms with E-state index >= 15 is 0 Å². The van der Waals surface area contributed by atoms with E-state index in [1.807, 2.05) is 0 Å². The number of hydrogen-bond acceptors (Lipinski definition) is 0. The van der Waals surface area contributed by atoms with Crippen molar-refractivity contribution in [3.63, 3.8) is 0 Å². The molecule has 0 aromatic heterocycles. The third kappa shape index (κ3) is 28.3. The summed E-state index contributed by atoms with van der Waals surface area (Å²) in [6, 6.07) is 88.4. The van der Waals surface area contributed by atoms with E-state index in [9.17, 15) is 0 Å². The van der Waals surface area contributed by atoms with E-state index in [1.165, 1.54) is 292 Å². The van der Waals surface area contributed by atoms with Gasteiger partial charge in [-0.05, 0) is 354 Å². The van der Waals surface area contributed by atoms with Crippen molar-refractivity contribution in [3.05, 3.63) is 331 Å². The second-order valence-electron chi connectivity index (χ2n) is 43.8. The van der Waals surface area contributed by atoms with Gasteiger partial charge in [0.25, 0.3) is 0 Å². The van der Waals surface area contributed by atoms with Crippen LogP contribution in [0.3, 0.4) is 0 Å². The van der Waals surface area contributed by atoms with Gasteiger partial charge in [-0.2, -0.15) is 0 Å². The maximum atomic E-state index is 2.38. The van der Waals surface area contributed by atoms with E-state index in [-0.39, 0.29) is 21.7 Å². The third-order valence-electron chi connectivity index (χ3n) is 27.0. The molecule has 0 aliphatic rings. The van der Waals surface area contributed by atoms with Gasteiger partial charge < -0.3 is 0 Å². The van der Waals surface area contributed by atoms with Crippen LogP contribution in [0, 0.1) is 66.2 Å². The summed E-state index contributed by atoms with van der Waals surface area (Å²) in [6.45, 7) is 68.8. The van der Waals surface area contributed by atoms with Gasteiger partial charge >= 0.3 is 0 Å². The van der Waals surface area contributed by atoms with Gasteiger partial charge in [0.15, 0.2) is 0 Å². The molecule has 0 fully saturated rings. The first-order chi connectivity index (χ1) is 60.5. The summed E-state index contributed by atoms with van der Waals surface area (Å²) < 4.78 is 0. The fourth-order valence-corrected chi connectivity index (χ4v) is 20.1. The number of rotatable bonds is 30. The Kier molecular flexibility index (Phi) is 36.7. The van der Waals surface area contributed by atoms with Crippen LogP contribution in [0.15, 0.2) is 231 Å². The molecule has 12 rings (SSSR count). The zero-order valence-electron chi connectivity index (χ0n) is 86.1. The molecule has 12 aromatic rings. The van der Waals surface area contributed by atoms with Crippen LogP contribution in [-0.4, -0.2) is 0 Å². The van der Waals surface area contributed by atoms with Gasteiger partial charge in [0.2, 0.25) is 0 Å². The van der Waals surface area contributed by atoms with Crippen molar-refractivity contribution >= 4 is 0 Å². The average molecular weight is 1710 g/mol. The summed E-state index contributed by atoms with van der Waals surface area (Å²) in [5.74, 6) is 0. The normalized spacial score (nSPS) is 12.0. The third-order valence-corrected chi connectivity index (χ3v) is 27.0. The molecule has 0 spiro atoms. The van der Waals surface area contributed by atoms with E-state index in [4.69, 9.17) is 0 Å². The Bertz CT molecular complexity index is 5130. The fourth-order valence-electron chi connectivity index (χ4n) is 20.1. The molecule has 0 N–H and O–H groups in total. The molecule has 0 heterocycles. The Balaban J connectivity index is 0.000000193. The van der Waals surface area contributed by atoms with Crippen LogP contribution < -0.4 is 0 Å². The van der Waals surface area contributed by atoms with Gasteiger partial charge in [-0.3, -0.25) is 0 Å². The van der Waals surface area contributed by atoms with E-state index in [2.05, 4.69) is 438 Å². The molecule has 0 aliphatic carbocycles. The standard InChI is InChI=1S/C36H50.C33H44.C30H38.C29H36/c1-25-21-31(27-13-17-29(18-14-27)35(9,10)23-33(3,4)5)26(2)32(22-25)28-15-19-30(20-16-28)36(11,12)24-34(6,7)8;1-5-8-10-12-14-27-16-20-29(21-17-27)32-24-26(4)25-33(31(32)7-3)30-22-18-28(19-23-30)15-13-11-9-6-2;1-7-9-11-25-13-17-27(18-14-25)29-22(4)21(3)23(5)30(24(29)6)28-19-15-26(16-20-28)12-10-8-2;1-9-25-26(21-10-14-23(15-11-21)28(3,4)5)18-20(2)19-27(25)22-12-16-24(17-13-22)29(6,7)8/h13-22H,23-24H2,1-12H3;16-25H,5-15H2,1-4H3;13-20H,7-12H2,1-6H3;10-19H,9H2,1-8H3. The average Bonchev–Trinajstić information content (AvgIpc) is 0.745. The first-order valence-electron chi connectivity index (χ1n) is 49.8. The number of benzene rings is 12. The largest absolute Gasteiger partial charge is 0.0654 e. The summed E-state index contributed by atoms with van der Waals surface area (Å²) in [4.78, 5) is 0. The van der Waals surface area contributed by atoms with Crippen LogP contribution in [0.2, 0.25) is 0 Å². The van der Waals surface area contributed by atoms with Crippen LogP contribution in [0.1, 0.15) is 342 Å². The lowest BCUT2D eigenvalue weighted by molar-refractivity contribution is 0.283. The lowest BCUT2D eigenvalue weighted by atomic mass is 9.72. The molecule has 128 heavy (non-hydrogen) atoms. The number of hydrogen-bond donors (Lipinski definition) is 0. The van der Waals surface area contributed by atoms with Crippen LogP contribution >= 0.6 is 0 Å². The van der Waals surface area contributed by atoms with Crippen LogP contribution in [0.25, 0.3) is 89.0 Å². The highest BCUT2D eigenvalue weighted by Crippen LogP contribution is 2.45. The molecule has 680 valence electrons. The van der Waals surface area contributed by atoms with E-state index in [0.29, 0.717) is 10.8 Å². The maximum Gasteiger partial charge on any atom is -0.00986 e. The summed E-state index contributed by atoms with van der Waals surface area (Å²) >= 11 is 0. The monoisotopic (exact) mass is 1710 g/mol. The first-order valence-corrected chi connectivity index (χ1v) is 49.8. The quantitative estimate of drug-likeness (QED) is 0.0394. The van der Waals surface area contributed by atoms with Crippen molar-refractivity contribution in [2.75, 3.05) is 0 Å². The second kappa shape index (κ2) is 45.9. The van der Waals surface area contributed by atoms with Crippen molar-refractivity contribution in [2.45, 2.75) is 358 Å². The van der Waals surface area contributed by atoms with Gasteiger partial charge in [0, 0.05) is 0 Å². The minimum Gasteiger partial charge on any atom is -0.0654 e. The Morgan fingerprint density at radius 3 is 0.672 bits per heavy atom. The highest BCUT2D eigenvalue weighted by Gasteiger charge is 2.30. The van der Waals surface area contributed by atoms with Crippen molar-refractivity contribution in [2.24, 2.45) is 10.8 Å². The molecule has 12 aromatic carbocycles. The molecule has 0 aliphatic heterocycles. The highest BCUT2D eigenvalue weighted by molar-refractivity contribution is 5.86. The molecular weight excluding hydrogens is 1540 g/mol. The lowest BCUT2D eigenvalue weighted by Crippen LogP contribution is -2.24. The summed E-state index contributed by atoms with van der Waals surface area (Å²) in [7, 11) is 0. The summed E-state index contributed by atoms with van der Waals surface area (Å²) in [5.41, 5.74) is 48.2. The first kappa shape index (κ1) is 102. The van der Waals surface area contributed by atoms with E-state index < -0.39 is 0 Å². The molecule has 0 unspecified atom stereocenters.